The fourth-order valence-corrected chi connectivity index (χ4v) is 4.14. The minimum absolute atomic E-state index is 0.231. The van der Waals surface area contributed by atoms with Crippen molar-refractivity contribution in [3.05, 3.63) is 94.5 Å². The Balaban J connectivity index is 1.29. The summed E-state index contributed by atoms with van der Waals surface area (Å²) < 4.78 is 5.51. The maximum absolute atomic E-state index is 12.5. The first-order chi connectivity index (χ1) is 16.5. The predicted molar refractivity (Wildman–Crippen MR) is 138 cm³/mol. The number of carbonyl (C=O) groups excluding carboxylic acids is 1. The van der Waals surface area contributed by atoms with Gasteiger partial charge in [-0.05, 0) is 54.4 Å². The first-order valence-corrected chi connectivity index (χ1v) is 11.7. The van der Waals surface area contributed by atoms with E-state index < -0.39 is 0 Å². The smallest absolute Gasteiger partial charge is 0.271 e. The Morgan fingerprint density at radius 3 is 2.26 bits per heavy atom. The highest BCUT2D eigenvalue weighted by Gasteiger charge is 2.19. The Morgan fingerprint density at radius 2 is 1.59 bits per heavy atom. The maximum Gasteiger partial charge on any atom is 0.271 e. The molecule has 0 aromatic heterocycles. The van der Waals surface area contributed by atoms with Gasteiger partial charge in [0.2, 0.25) is 0 Å². The molecule has 1 aliphatic heterocycles. The van der Waals surface area contributed by atoms with Crippen molar-refractivity contribution in [2.75, 3.05) is 38.2 Å². The molecule has 0 bridgehead atoms. The van der Waals surface area contributed by atoms with Crippen molar-refractivity contribution in [2.45, 2.75) is 13.5 Å². The number of amides is 1. The highest BCUT2D eigenvalue weighted by molar-refractivity contribution is 6.30. The third-order valence-electron chi connectivity index (χ3n) is 6.01. The monoisotopic (exact) mass is 476 g/mol. The molecule has 7 heteroatoms. The van der Waals surface area contributed by atoms with Gasteiger partial charge in [-0.3, -0.25) is 9.69 Å². The standard InChI is InChI=1S/C27H29ClN4O2/c1-20(22-11-13-24(28)14-12-22)29-30-27(33)23-9-7-21(8-10-23)19-31-15-17-32(18-16-31)25-5-3-4-6-26(25)34-2/h3-14H,15-19H2,1-2H3,(H,30,33)/b29-20-. The summed E-state index contributed by atoms with van der Waals surface area (Å²) in [4.78, 5) is 17.3. The van der Waals surface area contributed by atoms with Gasteiger partial charge >= 0.3 is 0 Å². The molecule has 0 atom stereocenters. The zero-order valence-corrected chi connectivity index (χ0v) is 20.3. The third kappa shape index (κ3) is 5.95. The van der Waals surface area contributed by atoms with Gasteiger partial charge in [0.1, 0.15) is 5.75 Å². The Hall–Kier alpha value is -3.35. The molecule has 4 rings (SSSR count). The summed E-state index contributed by atoms with van der Waals surface area (Å²) in [7, 11) is 1.71. The van der Waals surface area contributed by atoms with Crippen molar-refractivity contribution in [1.82, 2.24) is 10.3 Å². The molecular weight excluding hydrogens is 448 g/mol. The number of anilines is 1. The number of hydrazone groups is 1. The van der Waals surface area contributed by atoms with E-state index in [9.17, 15) is 4.79 Å². The highest BCUT2D eigenvalue weighted by atomic mass is 35.5. The number of benzene rings is 3. The number of hydrogen-bond acceptors (Lipinski definition) is 5. The number of piperazine rings is 1. The van der Waals surface area contributed by atoms with Gasteiger partial charge in [-0.15, -0.1) is 0 Å². The zero-order chi connectivity index (χ0) is 23.9. The lowest BCUT2D eigenvalue weighted by Gasteiger charge is -2.36. The van der Waals surface area contributed by atoms with Crippen LogP contribution in [0, 0.1) is 0 Å². The van der Waals surface area contributed by atoms with Crippen LogP contribution in [0.5, 0.6) is 5.75 Å². The van der Waals surface area contributed by atoms with Crippen LogP contribution in [0.2, 0.25) is 5.02 Å². The fourth-order valence-electron chi connectivity index (χ4n) is 4.01. The molecule has 1 amide bonds. The Labute approximate surface area is 205 Å². The van der Waals surface area contributed by atoms with Gasteiger partial charge < -0.3 is 9.64 Å². The molecule has 176 valence electrons. The summed E-state index contributed by atoms with van der Waals surface area (Å²) in [5.74, 6) is 0.683. The van der Waals surface area contributed by atoms with E-state index in [1.165, 1.54) is 5.56 Å². The van der Waals surface area contributed by atoms with Crippen LogP contribution in [0.25, 0.3) is 0 Å². The fraction of sp³-hybridized carbons (Fsp3) is 0.259. The Morgan fingerprint density at radius 1 is 0.941 bits per heavy atom. The van der Waals surface area contributed by atoms with Crippen LogP contribution < -0.4 is 15.1 Å². The first kappa shape index (κ1) is 23.8. The van der Waals surface area contributed by atoms with Gasteiger partial charge in [0.15, 0.2) is 0 Å². The molecule has 1 N–H and O–H groups in total. The van der Waals surface area contributed by atoms with Crippen LogP contribution in [-0.4, -0.2) is 49.8 Å². The zero-order valence-electron chi connectivity index (χ0n) is 19.5. The van der Waals surface area contributed by atoms with Crippen LogP contribution in [-0.2, 0) is 6.54 Å². The van der Waals surface area contributed by atoms with Gasteiger partial charge in [0, 0.05) is 43.3 Å². The van der Waals surface area contributed by atoms with Crippen molar-refractivity contribution in [2.24, 2.45) is 5.10 Å². The molecule has 3 aromatic rings. The van der Waals surface area contributed by atoms with Gasteiger partial charge in [-0.2, -0.15) is 5.10 Å². The molecular formula is C27H29ClN4O2. The van der Waals surface area contributed by atoms with Crippen LogP contribution in [0.3, 0.4) is 0 Å². The number of carbonyl (C=O) groups is 1. The summed E-state index contributed by atoms with van der Waals surface area (Å²) in [5, 5.41) is 4.88. The molecule has 0 radical (unpaired) electrons. The number of nitrogens with one attached hydrogen (secondary N) is 1. The van der Waals surface area contributed by atoms with Gasteiger partial charge in [-0.1, -0.05) is 48.0 Å². The summed E-state index contributed by atoms with van der Waals surface area (Å²) in [6, 6.07) is 23.2. The normalized spacial score (nSPS) is 14.7. The second kappa shape index (κ2) is 11.2. The lowest BCUT2D eigenvalue weighted by atomic mass is 10.1. The number of ether oxygens (including phenoxy) is 1. The van der Waals surface area contributed by atoms with Crippen molar-refractivity contribution in [3.8, 4) is 5.75 Å². The average molecular weight is 477 g/mol. The minimum atomic E-state index is -0.231. The lowest BCUT2D eigenvalue weighted by molar-refractivity contribution is 0.0955. The molecule has 34 heavy (non-hydrogen) atoms. The first-order valence-electron chi connectivity index (χ1n) is 11.3. The van der Waals surface area contributed by atoms with Crippen molar-refractivity contribution < 1.29 is 9.53 Å². The van der Waals surface area contributed by atoms with Gasteiger partial charge in [0.25, 0.3) is 5.91 Å². The summed E-state index contributed by atoms with van der Waals surface area (Å²) in [5.41, 5.74) is 7.17. The van der Waals surface area contributed by atoms with Crippen LogP contribution >= 0.6 is 11.6 Å². The van der Waals surface area contributed by atoms with E-state index in [1.807, 2.05) is 61.5 Å². The van der Waals surface area contributed by atoms with E-state index in [4.69, 9.17) is 16.3 Å². The Kier molecular flexibility index (Phi) is 7.83. The van der Waals surface area contributed by atoms with Crippen molar-refractivity contribution >= 4 is 28.9 Å². The lowest BCUT2D eigenvalue weighted by Crippen LogP contribution is -2.46. The molecule has 1 aliphatic rings. The second-order valence-electron chi connectivity index (χ2n) is 8.28. The minimum Gasteiger partial charge on any atom is -0.495 e. The maximum atomic E-state index is 12.5. The van der Waals surface area contributed by atoms with Crippen LogP contribution in [0.15, 0.2) is 77.9 Å². The predicted octanol–water partition coefficient (Wildman–Crippen LogP) is 4.82. The largest absolute Gasteiger partial charge is 0.495 e. The molecule has 6 nitrogen and oxygen atoms in total. The Bertz CT molecular complexity index is 1140. The second-order valence-corrected chi connectivity index (χ2v) is 8.71. The summed E-state index contributed by atoms with van der Waals surface area (Å²) in [6.07, 6.45) is 0. The number of methoxy groups -OCH3 is 1. The molecule has 0 aliphatic carbocycles. The van der Waals surface area contributed by atoms with E-state index in [1.54, 1.807) is 19.2 Å². The third-order valence-corrected chi connectivity index (χ3v) is 6.26. The van der Waals surface area contributed by atoms with E-state index in [-0.39, 0.29) is 5.91 Å². The molecule has 0 spiro atoms. The molecule has 3 aromatic carbocycles. The molecule has 0 saturated carbocycles. The average Bonchev–Trinajstić information content (AvgIpc) is 2.88. The van der Waals surface area contributed by atoms with Gasteiger partial charge in [0.05, 0.1) is 18.5 Å². The van der Waals surface area contributed by atoms with Crippen molar-refractivity contribution in [1.29, 1.82) is 0 Å². The van der Waals surface area contributed by atoms with Crippen LogP contribution in [0.1, 0.15) is 28.4 Å². The van der Waals surface area contributed by atoms with E-state index in [2.05, 4.69) is 26.4 Å². The highest BCUT2D eigenvalue weighted by Crippen LogP contribution is 2.28. The molecule has 0 unspecified atom stereocenters. The quantitative estimate of drug-likeness (QED) is 0.392. The van der Waals surface area contributed by atoms with E-state index in [0.717, 1.165) is 49.7 Å². The molecule has 1 heterocycles. The van der Waals surface area contributed by atoms with Crippen LogP contribution in [0.4, 0.5) is 5.69 Å². The van der Waals surface area contributed by atoms with Gasteiger partial charge in [-0.25, -0.2) is 5.43 Å². The molecule has 1 saturated heterocycles. The van der Waals surface area contributed by atoms with E-state index >= 15 is 0 Å². The topological polar surface area (TPSA) is 57.2 Å². The SMILES string of the molecule is COc1ccccc1N1CCN(Cc2ccc(C(=O)N/N=C(/C)c3ccc(Cl)cc3)cc2)CC1. The molecule has 1 fully saturated rings. The summed E-state index contributed by atoms with van der Waals surface area (Å²) >= 11 is 5.92. The summed E-state index contributed by atoms with van der Waals surface area (Å²) in [6.45, 7) is 6.55. The van der Waals surface area contributed by atoms with E-state index in [0.29, 0.717) is 16.3 Å². The number of hydrogen-bond donors (Lipinski definition) is 1. The number of para-hydroxylation sites is 2. The van der Waals surface area contributed by atoms with Crippen molar-refractivity contribution in [3.63, 3.8) is 0 Å². The number of rotatable bonds is 7. The number of nitrogens with zero attached hydrogens (tertiary/aromatic N) is 3. The number of halogens is 1.